The fourth-order valence-electron chi connectivity index (χ4n) is 4.58. The maximum Gasteiger partial charge on any atom is 0.471 e. The van der Waals surface area contributed by atoms with Crippen molar-refractivity contribution in [2.24, 2.45) is 0 Å². The predicted octanol–water partition coefficient (Wildman–Crippen LogP) is 4.82. The molecule has 1 aliphatic carbocycles. The summed E-state index contributed by atoms with van der Waals surface area (Å²) in [5, 5.41) is 2.06. The molecule has 1 saturated heterocycles. The zero-order valence-corrected chi connectivity index (χ0v) is 18.3. The van der Waals surface area contributed by atoms with Crippen LogP contribution in [0.1, 0.15) is 61.3 Å². The molecule has 0 saturated carbocycles. The molecule has 33 heavy (non-hydrogen) atoms. The number of carbonyl (C=O) groups is 2. The van der Waals surface area contributed by atoms with Gasteiger partial charge in [-0.15, -0.1) is 0 Å². The summed E-state index contributed by atoms with van der Waals surface area (Å²) >= 11 is 0. The van der Waals surface area contributed by atoms with Crippen LogP contribution in [-0.2, 0) is 16.0 Å². The van der Waals surface area contributed by atoms with Gasteiger partial charge in [0.1, 0.15) is 0 Å². The van der Waals surface area contributed by atoms with Gasteiger partial charge in [-0.3, -0.25) is 9.59 Å². The lowest BCUT2D eigenvalue weighted by molar-refractivity contribution is -0.167. The van der Waals surface area contributed by atoms with E-state index in [4.69, 9.17) is 0 Å². The number of hydrogen-bond acceptors (Lipinski definition) is 3. The van der Waals surface area contributed by atoms with Crippen molar-refractivity contribution >= 4 is 23.1 Å². The maximum absolute atomic E-state index is 12.8. The van der Waals surface area contributed by atoms with Crippen molar-refractivity contribution in [2.75, 3.05) is 18.4 Å². The minimum absolute atomic E-state index is 0.0518. The van der Waals surface area contributed by atoms with Crippen LogP contribution in [0.15, 0.2) is 36.8 Å². The van der Waals surface area contributed by atoms with Crippen LogP contribution in [0.3, 0.4) is 0 Å². The van der Waals surface area contributed by atoms with E-state index in [1.165, 1.54) is 0 Å². The molecule has 2 N–H and O–H groups in total. The summed E-state index contributed by atoms with van der Waals surface area (Å²) in [6.45, 7) is 1.25. The monoisotopic (exact) mass is 460 g/mol. The average molecular weight is 461 g/mol. The van der Waals surface area contributed by atoms with Crippen LogP contribution in [0.4, 0.5) is 18.9 Å². The van der Waals surface area contributed by atoms with Crippen LogP contribution >= 0.6 is 0 Å². The number of amides is 2. The number of imidazole rings is 1. The van der Waals surface area contributed by atoms with Crippen molar-refractivity contribution in [3.63, 3.8) is 0 Å². The Morgan fingerprint density at radius 1 is 1.18 bits per heavy atom. The number of anilines is 1. The second-order valence-corrected chi connectivity index (χ2v) is 8.64. The zero-order chi connectivity index (χ0) is 23.4. The third kappa shape index (κ3) is 5.64. The standard InChI is InChI=1S/C24H27F3N4O2/c25-24(26,27)23(33)30-21-7-6-18(12-20(21)17-4-2-1-3-5-17)16-8-10-31(11-9-16)22(32)13-19-14-28-15-29-19/h4,6-7,12,14-16H,1-3,5,8-11,13H2,(H,28,29)(H,30,33). The number of H-pyrrole nitrogens is 1. The molecule has 1 fully saturated rings. The molecule has 0 unspecified atom stereocenters. The van der Waals surface area contributed by atoms with E-state index < -0.39 is 12.1 Å². The Morgan fingerprint density at radius 2 is 1.97 bits per heavy atom. The molecule has 2 heterocycles. The molecule has 0 bridgehead atoms. The predicted molar refractivity (Wildman–Crippen MR) is 118 cm³/mol. The first kappa shape index (κ1) is 23.1. The second-order valence-electron chi connectivity index (χ2n) is 8.64. The quantitative estimate of drug-likeness (QED) is 0.672. The highest BCUT2D eigenvalue weighted by atomic mass is 19.4. The molecule has 1 aliphatic heterocycles. The molecule has 1 aromatic heterocycles. The van der Waals surface area contributed by atoms with Gasteiger partial charge in [-0.05, 0) is 67.7 Å². The first-order valence-corrected chi connectivity index (χ1v) is 11.3. The summed E-state index contributed by atoms with van der Waals surface area (Å²) in [4.78, 5) is 32.8. The van der Waals surface area contributed by atoms with Gasteiger partial charge in [0.2, 0.25) is 5.91 Å². The number of benzene rings is 1. The average Bonchev–Trinajstić information content (AvgIpc) is 3.32. The second kappa shape index (κ2) is 9.80. The highest BCUT2D eigenvalue weighted by Crippen LogP contribution is 2.37. The summed E-state index contributed by atoms with van der Waals surface area (Å²) in [5.41, 5.74) is 3.66. The number of halogens is 3. The number of alkyl halides is 3. The van der Waals surface area contributed by atoms with Gasteiger partial charge >= 0.3 is 12.1 Å². The van der Waals surface area contributed by atoms with Gasteiger partial charge in [0.05, 0.1) is 12.7 Å². The van der Waals surface area contributed by atoms with Crippen LogP contribution in [0.2, 0.25) is 0 Å². The summed E-state index contributed by atoms with van der Waals surface area (Å²) < 4.78 is 38.5. The van der Waals surface area contributed by atoms with E-state index in [1.807, 2.05) is 11.0 Å². The molecular formula is C24H27F3N4O2. The lowest BCUT2D eigenvalue weighted by Crippen LogP contribution is -2.38. The summed E-state index contributed by atoms with van der Waals surface area (Å²) in [6.07, 6.45) is 5.84. The fraction of sp³-hybridized carbons (Fsp3) is 0.458. The van der Waals surface area contributed by atoms with E-state index in [0.29, 0.717) is 18.7 Å². The number of hydrogen-bond donors (Lipinski definition) is 2. The Balaban J connectivity index is 1.48. The number of aromatic nitrogens is 2. The number of likely N-dealkylation sites (tertiary alicyclic amines) is 1. The van der Waals surface area contributed by atoms with Crippen molar-refractivity contribution in [3.05, 3.63) is 53.6 Å². The Hall–Kier alpha value is -3.10. The Morgan fingerprint density at radius 3 is 2.61 bits per heavy atom. The number of allylic oxidation sites excluding steroid dienone is 2. The molecule has 0 radical (unpaired) electrons. The number of rotatable bonds is 5. The van der Waals surface area contributed by atoms with Crippen molar-refractivity contribution < 1.29 is 22.8 Å². The zero-order valence-electron chi connectivity index (χ0n) is 18.3. The molecule has 6 nitrogen and oxygen atoms in total. The minimum atomic E-state index is -4.94. The minimum Gasteiger partial charge on any atom is -0.348 e. The summed E-state index contributed by atoms with van der Waals surface area (Å²) in [7, 11) is 0. The van der Waals surface area contributed by atoms with Gasteiger partial charge in [-0.1, -0.05) is 12.1 Å². The van der Waals surface area contributed by atoms with Crippen molar-refractivity contribution in [1.29, 1.82) is 0 Å². The van der Waals surface area contributed by atoms with Crippen LogP contribution in [0, 0.1) is 0 Å². The first-order chi connectivity index (χ1) is 15.8. The topological polar surface area (TPSA) is 78.1 Å². The highest BCUT2D eigenvalue weighted by Gasteiger charge is 2.39. The fourth-order valence-corrected chi connectivity index (χ4v) is 4.58. The van der Waals surface area contributed by atoms with E-state index in [1.54, 1.807) is 24.7 Å². The number of carbonyl (C=O) groups excluding carboxylic acids is 2. The molecule has 2 amide bonds. The number of nitrogens with one attached hydrogen (secondary N) is 2. The highest BCUT2D eigenvalue weighted by molar-refractivity contribution is 5.97. The molecule has 176 valence electrons. The van der Waals surface area contributed by atoms with Gasteiger partial charge in [0, 0.05) is 36.2 Å². The Labute approximate surface area is 190 Å². The normalized spacial score (nSPS) is 17.5. The van der Waals surface area contributed by atoms with E-state index >= 15 is 0 Å². The summed E-state index contributed by atoms with van der Waals surface area (Å²) in [6, 6.07) is 5.31. The van der Waals surface area contributed by atoms with Crippen molar-refractivity contribution in [3.8, 4) is 0 Å². The SMILES string of the molecule is O=C(Cc1cnc[nH]1)N1CCC(c2ccc(NC(=O)C(F)(F)F)c(C3=CCCCC3)c2)CC1. The van der Waals surface area contributed by atoms with Crippen LogP contribution < -0.4 is 5.32 Å². The van der Waals surface area contributed by atoms with Crippen molar-refractivity contribution in [2.45, 2.75) is 57.0 Å². The van der Waals surface area contributed by atoms with Crippen LogP contribution in [-0.4, -0.2) is 45.9 Å². The summed E-state index contributed by atoms with van der Waals surface area (Å²) in [5.74, 6) is -1.70. The lowest BCUT2D eigenvalue weighted by atomic mass is 9.85. The number of piperidine rings is 1. The molecule has 0 atom stereocenters. The third-order valence-corrected chi connectivity index (χ3v) is 6.40. The molecule has 2 aromatic rings. The van der Waals surface area contributed by atoms with Gasteiger partial charge in [-0.2, -0.15) is 13.2 Å². The molecule has 9 heteroatoms. The van der Waals surface area contributed by atoms with Gasteiger partial charge in [0.15, 0.2) is 0 Å². The lowest BCUT2D eigenvalue weighted by Gasteiger charge is -2.32. The van der Waals surface area contributed by atoms with Crippen LogP contribution in [0.25, 0.3) is 5.57 Å². The molecule has 4 rings (SSSR count). The van der Waals surface area contributed by atoms with Gasteiger partial charge < -0.3 is 15.2 Å². The van der Waals surface area contributed by atoms with Gasteiger partial charge in [0.25, 0.3) is 0 Å². The number of aromatic amines is 1. The third-order valence-electron chi connectivity index (χ3n) is 6.40. The maximum atomic E-state index is 12.8. The van der Waals surface area contributed by atoms with E-state index in [2.05, 4.69) is 21.4 Å². The van der Waals surface area contributed by atoms with Crippen molar-refractivity contribution in [1.82, 2.24) is 14.9 Å². The number of nitrogens with zero attached hydrogens (tertiary/aromatic N) is 2. The Bertz CT molecular complexity index is 1020. The smallest absolute Gasteiger partial charge is 0.348 e. The Kier molecular flexibility index (Phi) is 6.85. The molecular weight excluding hydrogens is 433 g/mol. The molecule has 2 aliphatic rings. The molecule has 0 spiro atoms. The van der Waals surface area contributed by atoms with E-state index in [-0.39, 0.29) is 23.9 Å². The molecule has 1 aromatic carbocycles. The van der Waals surface area contributed by atoms with Gasteiger partial charge in [-0.25, -0.2) is 4.98 Å². The first-order valence-electron chi connectivity index (χ1n) is 11.3. The van der Waals surface area contributed by atoms with Crippen LogP contribution in [0.5, 0.6) is 0 Å². The van der Waals surface area contributed by atoms with E-state index in [0.717, 1.165) is 55.4 Å². The van der Waals surface area contributed by atoms with E-state index in [9.17, 15) is 22.8 Å². The largest absolute Gasteiger partial charge is 0.471 e.